The summed E-state index contributed by atoms with van der Waals surface area (Å²) in [6.45, 7) is 2.27. The zero-order valence-electron chi connectivity index (χ0n) is 9.86. The van der Waals surface area contributed by atoms with Crippen molar-refractivity contribution >= 4 is 11.9 Å². The average Bonchev–Trinajstić information content (AvgIpc) is 2.28. The first-order valence-electron chi connectivity index (χ1n) is 5.28. The first-order chi connectivity index (χ1) is 8.06. The van der Waals surface area contributed by atoms with Crippen LogP contribution in [0.2, 0.25) is 0 Å². The van der Waals surface area contributed by atoms with E-state index >= 15 is 0 Å². The Morgan fingerprint density at radius 3 is 2.53 bits per heavy atom. The normalized spacial score (nSPS) is 11.9. The smallest absolute Gasteiger partial charge is 0.330 e. The third kappa shape index (κ3) is 3.57. The van der Waals surface area contributed by atoms with Gasteiger partial charge in [-0.15, -0.1) is 0 Å². The first kappa shape index (κ1) is 13.2. The molecule has 1 aromatic carbocycles. The van der Waals surface area contributed by atoms with Gasteiger partial charge in [-0.25, -0.2) is 4.79 Å². The fourth-order valence-corrected chi connectivity index (χ4v) is 1.46. The predicted molar refractivity (Wildman–Crippen MR) is 63.5 cm³/mol. The van der Waals surface area contributed by atoms with E-state index < -0.39 is 17.9 Å². The van der Waals surface area contributed by atoms with E-state index in [4.69, 9.17) is 5.11 Å². The Balaban J connectivity index is 2.59. The average molecular weight is 236 g/mol. The summed E-state index contributed by atoms with van der Waals surface area (Å²) in [5.74, 6) is -1.72. The number of carboxylic acids is 1. The third-order valence-electron chi connectivity index (χ3n) is 2.51. The summed E-state index contributed by atoms with van der Waals surface area (Å²) in [4.78, 5) is 22.3. The number of nitrogens with one attached hydrogen (secondary N) is 2. The van der Waals surface area contributed by atoms with E-state index in [0.29, 0.717) is 6.54 Å². The number of aliphatic carboxylic acids is 1. The van der Waals surface area contributed by atoms with Crippen molar-refractivity contribution in [3.05, 3.63) is 35.4 Å². The summed E-state index contributed by atoms with van der Waals surface area (Å²) in [6.07, 6.45) is 0. The van der Waals surface area contributed by atoms with Gasteiger partial charge in [0.2, 0.25) is 5.91 Å². The molecule has 1 rings (SSSR count). The largest absolute Gasteiger partial charge is 0.480 e. The van der Waals surface area contributed by atoms with Crippen molar-refractivity contribution < 1.29 is 14.7 Å². The Kier molecular flexibility index (Phi) is 4.66. The summed E-state index contributed by atoms with van der Waals surface area (Å²) in [5, 5.41) is 13.8. The molecule has 0 fully saturated rings. The molecule has 0 aromatic heterocycles. The minimum absolute atomic E-state index is 0.330. The number of amides is 1. The van der Waals surface area contributed by atoms with Gasteiger partial charge in [0.05, 0.1) is 0 Å². The molecule has 5 nitrogen and oxygen atoms in total. The lowest BCUT2D eigenvalue weighted by Crippen LogP contribution is -2.47. The quantitative estimate of drug-likeness (QED) is 0.642. The summed E-state index contributed by atoms with van der Waals surface area (Å²) < 4.78 is 0. The van der Waals surface area contributed by atoms with Crippen LogP contribution in [0.1, 0.15) is 11.1 Å². The van der Waals surface area contributed by atoms with E-state index in [9.17, 15) is 9.59 Å². The van der Waals surface area contributed by atoms with Crippen molar-refractivity contribution in [3.8, 4) is 0 Å². The molecular formula is C12H16N2O3. The molecule has 17 heavy (non-hydrogen) atoms. The molecule has 0 bridgehead atoms. The van der Waals surface area contributed by atoms with Crippen LogP contribution in [-0.2, 0) is 16.1 Å². The van der Waals surface area contributed by atoms with Gasteiger partial charge in [-0.1, -0.05) is 24.3 Å². The van der Waals surface area contributed by atoms with E-state index in [1.165, 1.54) is 7.05 Å². The van der Waals surface area contributed by atoms with Crippen LogP contribution in [0.4, 0.5) is 0 Å². The van der Waals surface area contributed by atoms with Gasteiger partial charge in [-0.05, 0) is 25.1 Å². The highest BCUT2D eigenvalue weighted by Crippen LogP contribution is 2.06. The van der Waals surface area contributed by atoms with Crippen molar-refractivity contribution in [2.75, 3.05) is 7.05 Å². The molecule has 1 aromatic rings. The Hall–Kier alpha value is -1.88. The lowest BCUT2D eigenvalue weighted by Gasteiger charge is -2.12. The highest BCUT2D eigenvalue weighted by Gasteiger charge is 2.23. The van der Waals surface area contributed by atoms with E-state index in [1.54, 1.807) is 0 Å². The van der Waals surface area contributed by atoms with Gasteiger partial charge in [0, 0.05) is 6.54 Å². The van der Waals surface area contributed by atoms with E-state index in [0.717, 1.165) is 11.1 Å². The molecule has 1 atom stereocenters. The molecular weight excluding hydrogens is 220 g/mol. The number of likely N-dealkylation sites (N-methyl/N-ethyl adjacent to an activating group) is 1. The molecule has 0 aliphatic rings. The molecule has 0 saturated carbocycles. The number of aryl methyl sites for hydroxylation is 1. The summed E-state index contributed by atoms with van der Waals surface area (Å²) >= 11 is 0. The second kappa shape index (κ2) is 6.00. The Morgan fingerprint density at radius 1 is 1.35 bits per heavy atom. The van der Waals surface area contributed by atoms with Gasteiger partial charge in [-0.2, -0.15) is 0 Å². The standard InChI is InChI=1S/C12H16N2O3/c1-8-5-3-4-6-9(8)7-14-11(15)10(13-2)12(16)17/h3-6,10,13H,7H2,1-2H3,(H,14,15)(H,16,17). The maximum atomic E-state index is 11.5. The van der Waals surface area contributed by atoms with Gasteiger partial charge in [-0.3, -0.25) is 10.1 Å². The number of rotatable bonds is 5. The van der Waals surface area contributed by atoms with Crippen LogP contribution in [0.5, 0.6) is 0 Å². The fourth-order valence-electron chi connectivity index (χ4n) is 1.46. The van der Waals surface area contributed by atoms with E-state index in [-0.39, 0.29) is 0 Å². The van der Waals surface area contributed by atoms with Crippen molar-refractivity contribution in [2.45, 2.75) is 19.5 Å². The molecule has 1 unspecified atom stereocenters. The highest BCUT2D eigenvalue weighted by atomic mass is 16.4. The van der Waals surface area contributed by atoms with Crippen LogP contribution in [-0.4, -0.2) is 30.1 Å². The number of hydrogen-bond donors (Lipinski definition) is 3. The number of carboxylic acid groups (broad SMARTS) is 1. The van der Waals surface area contributed by atoms with Crippen molar-refractivity contribution in [1.82, 2.24) is 10.6 Å². The molecule has 0 aliphatic carbocycles. The minimum atomic E-state index is -1.21. The fraction of sp³-hybridized carbons (Fsp3) is 0.333. The molecule has 0 saturated heterocycles. The Labute approximate surface area is 99.8 Å². The summed E-state index contributed by atoms with van der Waals surface area (Å²) in [5.41, 5.74) is 2.03. The van der Waals surface area contributed by atoms with Crippen LogP contribution < -0.4 is 10.6 Å². The Morgan fingerprint density at radius 2 is 2.00 bits per heavy atom. The van der Waals surface area contributed by atoms with Gasteiger partial charge < -0.3 is 10.4 Å². The van der Waals surface area contributed by atoms with Gasteiger partial charge in [0.25, 0.3) is 0 Å². The molecule has 0 spiro atoms. The second-order valence-corrected chi connectivity index (χ2v) is 3.70. The zero-order chi connectivity index (χ0) is 12.8. The van der Waals surface area contributed by atoms with Crippen LogP contribution in [0.15, 0.2) is 24.3 Å². The summed E-state index contributed by atoms with van der Waals surface area (Å²) in [6, 6.07) is 6.41. The molecule has 1 amide bonds. The maximum Gasteiger partial charge on any atom is 0.330 e. The van der Waals surface area contributed by atoms with Gasteiger partial charge >= 0.3 is 5.97 Å². The maximum absolute atomic E-state index is 11.5. The number of hydrogen-bond acceptors (Lipinski definition) is 3. The summed E-state index contributed by atoms with van der Waals surface area (Å²) in [7, 11) is 1.44. The molecule has 3 N–H and O–H groups in total. The van der Waals surface area contributed by atoms with Gasteiger partial charge in [0.15, 0.2) is 6.04 Å². The van der Waals surface area contributed by atoms with Crippen LogP contribution >= 0.6 is 0 Å². The molecule has 5 heteroatoms. The lowest BCUT2D eigenvalue weighted by molar-refractivity contribution is -0.143. The zero-order valence-corrected chi connectivity index (χ0v) is 9.86. The third-order valence-corrected chi connectivity index (χ3v) is 2.51. The van der Waals surface area contributed by atoms with Crippen molar-refractivity contribution in [1.29, 1.82) is 0 Å². The molecule has 0 aliphatic heterocycles. The van der Waals surface area contributed by atoms with E-state index in [2.05, 4.69) is 10.6 Å². The molecule has 92 valence electrons. The monoisotopic (exact) mass is 236 g/mol. The van der Waals surface area contributed by atoms with Crippen LogP contribution in [0.25, 0.3) is 0 Å². The van der Waals surface area contributed by atoms with Crippen molar-refractivity contribution in [3.63, 3.8) is 0 Å². The van der Waals surface area contributed by atoms with Crippen LogP contribution in [0.3, 0.4) is 0 Å². The highest BCUT2D eigenvalue weighted by molar-refractivity contribution is 6.01. The predicted octanol–water partition coefficient (Wildman–Crippen LogP) is 0.284. The molecule has 0 radical (unpaired) electrons. The lowest BCUT2D eigenvalue weighted by atomic mass is 10.1. The second-order valence-electron chi connectivity index (χ2n) is 3.70. The SMILES string of the molecule is CNC(C(=O)O)C(=O)NCc1ccccc1C. The number of carbonyl (C=O) groups excluding carboxylic acids is 1. The van der Waals surface area contributed by atoms with E-state index in [1.807, 2.05) is 31.2 Å². The Bertz CT molecular complexity index is 418. The first-order valence-corrected chi connectivity index (χ1v) is 5.28. The molecule has 0 heterocycles. The topological polar surface area (TPSA) is 78.4 Å². The number of carbonyl (C=O) groups is 2. The minimum Gasteiger partial charge on any atom is -0.480 e. The van der Waals surface area contributed by atoms with Gasteiger partial charge in [0.1, 0.15) is 0 Å². The number of benzene rings is 1. The van der Waals surface area contributed by atoms with Crippen molar-refractivity contribution in [2.24, 2.45) is 0 Å². The van der Waals surface area contributed by atoms with Crippen LogP contribution in [0, 0.1) is 6.92 Å².